The highest BCUT2D eigenvalue weighted by Crippen LogP contribution is 2.40. The topological polar surface area (TPSA) is 130 Å². The number of primary amides is 1. The summed E-state index contributed by atoms with van der Waals surface area (Å²) in [5.41, 5.74) is 3.08. The van der Waals surface area contributed by atoms with Gasteiger partial charge in [-0.3, -0.25) is 19.2 Å². The maximum Gasteiger partial charge on any atom is 0.416 e. The number of hydrogen-bond donors (Lipinski definition) is 4. The molecule has 1 aliphatic heterocycles. The molecule has 0 saturated carbocycles. The highest BCUT2D eigenvalue weighted by Gasteiger charge is 2.36. The SMILES string of the molecule is NC(=O)CCCCCCCCCNC(=O)c1cc(NC(=O)c2cc(F)cc(C(F)(F)F)c2)c2c(c1)C(=O)N[C@H]2c1cc(F)ccc1Cl. The maximum absolute atomic E-state index is 14.2. The second kappa shape index (κ2) is 15.4. The van der Waals surface area contributed by atoms with Crippen LogP contribution in [0, 0.1) is 11.6 Å². The van der Waals surface area contributed by atoms with Crippen LogP contribution in [0.3, 0.4) is 0 Å². The second-order valence-corrected chi connectivity index (χ2v) is 11.6. The van der Waals surface area contributed by atoms with E-state index in [0.717, 1.165) is 50.7 Å². The summed E-state index contributed by atoms with van der Waals surface area (Å²) in [5, 5.41) is 7.89. The number of amides is 4. The molecule has 3 aromatic carbocycles. The number of alkyl halides is 3. The molecule has 0 aliphatic carbocycles. The van der Waals surface area contributed by atoms with E-state index in [1.54, 1.807) is 0 Å². The Labute approximate surface area is 272 Å². The van der Waals surface area contributed by atoms with Crippen molar-refractivity contribution in [3.05, 3.63) is 98.6 Å². The Morgan fingerprint density at radius 1 is 0.830 bits per heavy atom. The van der Waals surface area contributed by atoms with E-state index >= 15 is 0 Å². The first-order valence-electron chi connectivity index (χ1n) is 14.9. The third-order valence-corrected chi connectivity index (χ3v) is 7.99. The Bertz CT molecular complexity index is 1680. The lowest BCUT2D eigenvalue weighted by Gasteiger charge is -2.19. The molecule has 0 radical (unpaired) electrons. The van der Waals surface area contributed by atoms with Gasteiger partial charge in [0.05, 0.1) is 11.6 Å². The van der Waals surface area contributed by atoms with Crippen LogP contribution in [-0.4, -0.2) is 30.2 Å². The fraction of sp³-hybridized carbons (Fsp3) is 0.333. The summed E-state index contributed by atoms with van der Waals surface area (Å²) in [6.07, 6.45) is 1.41. The average Bonchev–Trinajstić information content (AvgIpc) is 3.34. The maximum atomic E-state index is 14.2. The first-order chi connectivity index (χ1) is 22.2. The fourth-order valence-corrected chi connectivity index (χ4v) is 5.55. The van der Waals surface area contributed by atoms with E-state index in [0.29, 0.717) is 31.5 Å². The quantitative estimate of drug-likeness (QED) is 0.107. The smallest absolute Gasteiger partial charge is 0.370 e. The van der Waals surface area contributed by atoms with Crippen LogP contribution >= 0.6 is 11.6 Å². The number of halogens is 6. The highest BCUT2D eigenvalue weighted by molar-refractivity contribution is 6.31. The van der Waals surface area contributed by atoms with Crippen molar-refractivity contribution in [3.63, 3.8) is 0 Å². The van der Waals surface area contributed by atoms with Crippen molar-refractivity contribution < 1.29 is 41.1 Å². The number of nitrogens with two attached hydrogens (primary N) is 1. The molecule has 0 saturated heterocycles. The number of rotatable bonds is 14. The summed E-state index contributed by atoms with van der Waals surface area (Å²) in [6, 6.07) is 6.23. The van der Waals surface area contributed by atoms with Gasteiger partial charge in [0.1, 0.15) is 11.6 Å². The first-order valence-corrected chi connectivity index (χ1v) is 15.3. The van der Waals surface area contributed by atoms with E-state index in [9.17, 15) is 41.1 Å². The minimum absolute atomic E-state index is 0.0372. The molecule has 1 heterocycles. The summed E-state index contributed by atoms with van der Waals surface area (Å²) < 4.78 is 68.3. The minimum atomic E-state index is -4.93. The van der Waals surface area contributed by atoms with Gasteiger partial charge >= 0.3 is 6.18 Å². The Morgan fingerprint density at radius 3 is 2.17 bits per heavy atom. The van der Waals surface area contributed by atoms with Crippen molar-refractivity contribution in [2.75, 3.05) is 11.9 Å². The third kappa shape index (κ3) is 9.28. The standard InChI is InChI=1S/C33H32ClF5N4O4/c34-25-10-9-21(35)17-23(25)29-28-24(32(47)43-29)14-19(30(45)41-11-7-5-3-1-2-4-6-8-27(40)44)15-26(28)42-31(46)18-12-20(33(37,38)39)16-22(36)13-18/h9-10,12-17,29H,1-8,11H2,(H2,40,44)(H,41,45)(H,42,46)(H,43,47)/t29-/m0/s1. The highest BCUT2D eigenvalue weighted by atomic mass is 35.5. The van der Waals surface area contributed by atoms with Crippen LogP contribution in [0.1, 0.15) is 105 Å². The molecule has 0 spiro atoms. The van der Waals surface area contributed by atoms with Crippen molar-refractivity contribution in [2.24, 2.45) is 5.73 Å². The zero-order valence-corrected chi connectivity index (χ0v) is 25.8. The van der Waals surface area contributed by atoms with E-state index in [-0.39, 0.29) is 44.9 Å². The summed E-state index contributed by atoms with van der Waals surface area (Å²) in [7, 11) is 0. The van der Waals surface area contributed by atoms with Crippen LogP contribution in [0.15, 0.2) is 48.5 Å². The molecule has 8 nitrogen and oxygen atoms in total. The zero-order valence-electron chi connectivity index (χ0n) is 25.0. The molecule has 4 amide bonds. The van der Waals surface area contributed by atoms with Gasteiger partial charge in [0, 0.05) is 51.5 Å². The van der Waals surface area contributed by atoms with Crippen LogP contribution in [-0.2, 0) is 11.0 Å². The lowest BCUT2D eigenvalue weighted by atomic mass is 9.94. The van der Waals surface area contributed by atoms with Crippen molar-refractivity contribution in [3.8, 4) is 0 Å². The molecule has 0 bridgehead atoms. The molecule has 3 aromatic rings. The molecule has 14 heteroatoms. The molecule has 4 rings (SSSR count). The summed E-state index contributed by atoms with van der Waals surface area (Å²) in [5.74, 6) is -4.69. The van der Waals surface area contributed by atoms with E-state index in [4.69, 9.17) is 17.3 Å². The average molecular weight is 679 g/mol. The van der Waals surface area contributed by atoms with Crippen LogP contribution in [0.25, 0.3) is 0 Å². The summed E-state index contributed by atoms with van der Waals surface area (Å²) >= 11 is 6.31. The normalized spacial score (nSPS) is 14.0. The minimum Gasteiger partial charge on any atom is -0.370 e. The van der Waals surface area contributed by atoms with Gasteiger partial charge in [0.2, 0.25) is 5.91 Å². The Balaban J connectivity index is 1.56. The number of benzene rings is 3. The molecule has 0 fully saturated rings. The molecule has 0 aromatic heterocycles. The van der Waals surface area contributed by atoms with E-state index in [2.05, 4.69) is 16.0 Å². The predicted octanol–water partition coefficient (Wildman–Crippen LogP) is 7.06. The lowest BCUT2D eigenvalue weighted by Crippen LogP contribution is -2.25. The predicted molar refractivity (Wildman–Crippen MR) is 165 cm³/mol. The number of carbonyl (C=O) groups excluding carboxylic acids is 4. The van der Waals surface area contributed by atoms with Crippen LogP contribution in [0.5, 0.6) is 0 Å². The van der Waals surface area contributed by atoms with Gasteiger partial charge in [-0.05, 0) is 61.4 Å². The molecular formula is C33H32ClF5N4O4. The van der Waals surface area contributed by atoms with Gasteiger partial charge in [-0.1, -0.05) is 43.7 Å². The largest absolute Gasteiger partial charge is 0.416 e. The number of carbonyl (C=O) groups is 4. The summed E-state index contributed by atoms with van der Waals surface area (Å²) in [6.45, 7) is 0.302. The van der Waals surface area contributed by atoms with Crippen LogP contribution < -0.4 is 21.7 Å². The molecule has 1 aliphatic rings. The van der Waals surface area contributed by atoms with Gasteiger partial charge in [-0.2, -0.15) is 13.2 Å². The van der Waals surface area contributed by atoms with E-state index < -0.39 is 52.7 Å². The molecule has 1 atom stereocenters. The molecule has 250 valence electrons. The van der Waals surface area contributed by atoms with Crippen molar-refractivity contribution in [1.29, 1.82) is 0 Å². The number of nitrogens with one attached hydrogen (secondary N) is 3. The van der Waals surface area contributed by atoms with Crippen molar-refractivity contribution >= 4 is 40.9 Å². The Morgan fingerprint density at radius 2 is 1.49 bits per heavy atom. The number of anilines is 1. The monoisotopic (exact) mass is 678 g/mol. The van der Waals surface area contributed by atoms with Crippen molar-refractivity contribution in [2.45, 2.75) is 63.6 Å². The molecule has 47 heavy (non-hydrogen) atoms. The third-order valence-electron chi connectivity index (χ3n) is 7.64. The van der Waals surface area contributed by atoms with Gasteiger partial charge < -0.3 is 21.7 Å². The van der Waals surface area contributed by atoms with E-state index in [1.165, 1.54) is 18.2 Å². The van der Waals surface area contributed by atoms with Gasteiger partial charge in [0.15, 0.2) is 0 Å². The van der Waals surface area contributed by atoms with Gasteiger partial charge in [-0.15, -0.1) is 0 Å². The lowest BCUT2D eigenvalue weighted by molar-refractivity contribution is -0.137. The van der Waals surface area contributed by atoms with Gasteiger partial charge in [-0.25, -0.2) is 8.78 Å². The van der Waals surface area contributed by atoms with E-state index in [1.807, 2.05) is 0 Å². The molecule has 5 N–H and O–H groups in total. The Kier molecular flexibility index (Phi) is 11.6. The Hall–Kier alpha value is -4.52. The summed E-state index contributed by atoms with van der Waals surface area (Å²) in [4.78, 5) is 50.2. The fourth-order valence-electron chi connectivity index (χ4n) is 5.33. The molecular weight excluding hydrogens is 647 g/mol. The second-order valence-electron chi connectivity index (χ2n) is 11.2. The zero-order chi connectivity index (χ0) is 34.3. The number of fused-ring (bicyclic) bond motifs is 1. The number of unbranched alkanes of at least 4 members (excludes halogenated alkanes) is 6. The van der Waals surface area contributed by atoms with Crippen LogP contribution in [0.4, 0.5) is 27.6 Å². The molecule has 0 unspecified atom stereocenters. The number of hydrogen-bond acceptors (Lipinski definition) is 4. The van der Waals surface area contributed by atoms with Gasteiger partial charge in [0.25, 0.3) is 17.7 Å². The first kappa shape index (κ1) is 35.3. The van der Waals surface area contributed by atoms with Crippen LogP contribution in [0.2, 0.25) is 5.02 Å². The van der Waals surface area contributed by atoms with Crippen molar-refractivity contribution in [1.82, 2.24) is 10.6 Å².